The number of hydrogen-bond acceptors (Lipinski definition) is 3. The number of amides is 1. The Balaban J connectivity index is 1.91. The van der Waals surface area contributed by atoms with Gasteiger partial charge in [0.25, 0.3) is 11.5 Å². The number of fused-ring (bicyclic) bond motifs is 1. The van der Waals surface area contributed by atoms with Gasteiger partial charge >= 0.3 is 0 Å². The maximum Gasteiger partial charge on any atom is 0.277 e. The summed E-state index contributed by atoms with van der Waals surface area (Å²) in [6.45, 7) is 5.61. The second-order valence-electron chi connectivity index (χ2n) is 6.57. The lowest BCUT2D eigenvalue weighted by Gasteiger charge is -2.22. The van der Waals surface area contributed by atoms with Crippen LogP contribution in [0.15, 0.2) is 4.79 Å². The van der Waals surface area contributed by atoms with Crippen LogP contribution in [0.25, 0.3) is 0 Å². The maximum atomic E-state index is 12.9. The van der Waals surface area contributed by atoms with E-state index >= 15 is 0 Å². The lowest BCUT2D eigenvalue weighted by Crippen LogP contribution is -2.35. The predicted molar refractivity (Wildman–Crippen MR) is 85.0 cm³/mol. The van der Waals surface area contributed by atoms with Crippen molar-refractivity contribution in [2.45, 2.75) is 52.4 Å². The molecule has 0 bridgehead atoms. The van der Waals surface area contributed by atoms with Gasteiger partial charge in [-0.3, -0.25) is 9.59 Å². The predicted octanol–water partition coefficient (Wildman–Crippen LogP) is 2.16. The van der Waals surface area contributed by atoms with Crippen LogP contribution >= 0.6 is 0 Å². The van der Waals surface area contributed by atoms with Crippen LogP contribution in [0.3, 0.4) is 0 Å². The van der Waals surface area contributed by atoms with Crippen molar-refractivity contribution < 1.29 is 4.79 Å². The molecule has 2 heterocycles. The second kappa shape index (κ2) is 6.23. The van der Waals surface area contributed by atoms with E-state index in [0.717, 1.165) is 30.8 Å². The van der Waals surface area contributed by atoms with Gasteiger partial charge in [0.2, 0.25) is 0 Å². The smallest absolute Gasteiger partial charge is 0.277 e. The molecular formula is C17H25N3O2. The van der Waals surface area contributed by atoms with Crippen LogP contribution in [0.1, 0.15) is 61.1 Å². The van der Waals surface area contributed by atoms with Gasteiger partial charge in [0, 0.05) is 13.1 Å². The van der Waals surface area contributed by atoms with E-state index in [4.69, 9.17) is 0 Å². The number of rotatable bonds is 3. The zero-order valence-electron chi connectivity index (χ0n) is 13.5. The van der Waals surface area contributed by atoms with E-state index in [1.807, 2.05) is 18.7 Å². The molecule has 0 radical (unpaired) electrons. The highest BCUT2D eigenvalue weighted by atomic mass is 16.2. The van der Waals surface area contributed by atoms with Gasteiger partial charge in [-0.1, -0.05) is 26.7 Å². The van der Waals surface area contributed by atoms with Crippen LogP contribution in [0.4, 0.5) is 0 Å². The fourth-order valence-electron chi connectivity index (χ4n) is 4.15. The summed E-state index contributed by atoms with van der Waals surface area (Å²) in [4.78, 5) is 27.1. The molecule has 1 amide bonds. The molecule has 1 aliphatic carbocycles. The van der Waals surface area contributed by atoms with E-state index in [0.29, 0.717) is 23.8 Å². The SMILES string of the molecule is CCc1n[nH]c(=O)c(C(=O)N2C[C@H]3CCCC[C@@H]3C2)c1CC. The number of hydrogen-bond donors (Lipinski definition) is 1. The third-order valence-electron chi connectivity index (χ3n) is 5.34. The van der Waals surface area contributed by atoms with Gasteiger partial charge in [0.05, 0.1) is 5.69 Å². The molecule has 0 spiro atoms. The molecule has 1 aromatic heterocycles. The minimum Gasteiger partial charge on any atom is -0.338 e. The molecule has 1 saturated heterocycles. The summed E-state index contributed by atoms with van der Waals surface area (Å²) >= 11 is 0. The van der Waals surface area contributed by atoms with Crippen LogP contribution in [0.2, 0.25) is 0 Å². The van der Waals surface area contributed by atoms with Crippen LogP contribution in [0, 0.1) is 11.8 Å². The number of aromatic amines is 1. The lowest BCUT2D eigenvalue weighted by molar-refractivity contribution is 0.0780. The maximum absolute atomic E-state index is 12.9. The topological polar surface area (TPSA) is 66.1 Å². The normalized spacial score (nSPS) is 24.4. The van der Waals surface area contributed by atoms with Crippen molar-refractivity contribution >= 4 is 5.91 Å². The summed E-state index contributed by atoms with van der Waals surface area (Å²) in [5.41, 5.74) is 1.65. The molecule has 2 atom stereocenters. The Hall–Kier alpha value is -1.65. The Labute approximate surface area is 131 Å². The number of H-pyrrole nitrogens is 1. The van der Waals surface area contributed by atoms with Gasteiger partial charge in [0.1, 0.15) is 5.56 Å². The first kappa shape index (κ1) is 15.3. The van der Waals surface area contributed by atoms with Gasteiger partial charge in [-0.2, -0.15) is 5.10 Å². The first-order chi connectivity index (χ1) is 10.7. The molecule has 22 heavy (non-hydrogen) atoms. The number of aromatic nitrogens is 2. The summed E-state index contributed by atoms with van der Waals surface area (Å²) in [7, 11) is 0. The third-order valence-corrected chi connectivity index (χ3v) is 5.34. The van der Waals surface area contributed by atoms with Crippen LogP contribution < -0.4 is 5.56 Å². The highest BCUT2D eigenvalue weighted by molar-refractivity contribution is 5.95. The number of carbonyl (C=O) groups excluding carboxylic acids is 1. The number of nitrogens with one attached hydrogen (secondary N) is 1. The summed E-state index contributed by atoms with van der Waals surface area (Å²) in [6.07, 6.45) is 6.40. The van der Waals surface area contributed by atoms with Gasteiger partial charge in [-0.25, -0.2) is 5.10 Å². The average molecular weight is 303 g/mol. The van der Waals surface area contributed by atoms with E-state index < -0.39 is 0 Å². The molecule has 5 nitrogen and oxygen atoms in total. The molecule has 1 N–H and O–H groups in total. The third kappa shape index (κ3) is 2.57. The van der Waals surface area contributed by atoms with Crippen LogP contribution in [-0.2, 0) is 12.8 Å². The van der Waals surface area contributed by atoms with E-state index in [2.05, 4.69) is 10.2 Å². The Kier molecular flexibility index (Phi) is 4.32. The van der Waals surface area contributed by atoms with Crippen LogP contribution in [-0.4, -0.2) is 34.1 Å². The Bertz CT molecular complexity index is 609. The zero-order chi connectivity index (χ0) is 15.7. The largest absolute Gasteiger partial charge is 0.338 e. The zero-order valence-corrected chi connectivity index (χ0v) is 13.5. The lowest BCUT2D eigenvalue weighted by atomic mass is 9.82. The quantitative estimate of drug-likeness (QED) is 0.930. The van der Waals surface area contributed by atoms with E-state index in [9.17, 15) is 9.59 Å². The number of likely N-dealkylation sites (tertiary alicyclic amines) is 1. The first-order valence-electron chi connectivity index (χ1n) is 8.55. The van der Waals surface area contributed by atoms with Gasteiger partial charge in [-0.15, -0.1) is 0 Å². The van der Waals surface area contributed by atoms with Crippen molar-refractivity contribution in [2.75, 3.05) is 13.1 Å². The van der Waals surface area contributed by atoms with E-state index in [1.165, 1.54) is 25.7 Å². The van der Waals surface area contributed by atoms with E-state index in [1.54, 1.807) is 0 Å². The van der Waals surface area contributed by atoms with Crippen molar-refractivity contribution in [3.8, 4) is 0 Å². The van der Waals surface area contributed by atoms with Crippen molar-refractivity contribution in [3.63, 3.8) is 0 Å². The molecule has 2 aliphatic rings. The van der Waals surface area contributed by atoms with Crippen molar-refractivity contribution in [2.24, 2.45) is 11.8 Å². The molecule has 0 aromatic carbocycles. The highest BCUT2D eigenvalue weighted by Gasteiger charge is 2.37. The fraction of sp³-hybridized carbons (Fsp3) is 0.706. The molecule has 1 aromatic rings. The van der Waals surface area contributed by atoms with Gasteiger partial charge in [-0.05, 0) is 43.1 Å². The molecule has 1 aliphatic heterocycles. The van der Waals surface area contributed by atoms with Crippen molar-refractivity contribution in [3.05, 3.63) is 27.2 Å². The molecule has 2 fully saturated rings. The number of nitrogens with zero attached hydrogens (tertiary/aromatic N) is 2. The monoisotopic (exact) mass is 303 g/mol. The van der Waals surface area contributed by atoms with Gasteiger partial charge in [0.15, 0.2) is 0 Å². The van der Waals surface area contributed by atoms with Crippen molar-refractivity contribution in [1.82, 2.24) is 15.1 Å². The minimum absolute atomic E-state index is 0.0930. The highest BCUT2D eigenvalue weighted by Crippen LogP contribution is 2.36. The minimum atomic E-state index is -0.339. The molecule has 5 heteroatoms. The second-order valence-corrected chi connectivity index (χ2v) is 6.57. The standard InChI is InChI=1S/C17H25N3O2/c1-3-13-14(4-2)18-19-16(21)15(13)17(22)20-9-11-7-5-6-8-12(11)10-20/h11-12H,3-10H2,1-2H3,(H,19,21)/t11-,12-/m1/s1. The Morgan fingerprint density at radius 3 is 2.36 bits per heavy atom. The Morgan fingerprint density at radius 1 is 1.18 bits per heavy atom. The molecular weight excluding hydrogens is 278 g/mol. The van der Waals surface area contributed by atoms with Crippen molar-refractivity contribution in [1.29, 1.82) is 0 Å². The molecule has 1 saturated carbocycles. The Morgan fingerprint density at radius 2 is 1.82 bits per heavy atom. The average Bonchev–Trinajstić information content (AvgIpc) is 2.97. The summed E-state index contributed by atoms with van der Waals surface area (Å²) in [5, 5.41) is 6.61. The summed E-state index contributed by atoms with van der Waals surface area (Å²) in [5.74, 6) is 1.17. The van der Waals surface area contributed by atoms with Crippen LogP contribution in [0.5, 0.6) is 0 Å². The molecule has 0 unspecified atom stereocenters. The fourth-order valence-corrected chi connectivity index (χ4v) is 4.15. The van der Waals surface area contributed by atoms with E-state index in [-0.39, 0.29) is 11.5 Å². The summed E-state index contributed by atoms with van der Waals surface area (Å²) < 4.78 is 0. The number of aryl methyl sites for hydroxylation is 1. The first-order valence-corrected chi connectivity index (χ1v) is 8.55. The number of carbonyl (C=O) groups is 1. The molecule has 120 valence electrons. The molecule has 3 rings (SSSR count). The van der Waals surface area contributed by atoms with Gasteiger partial charge < -0.3 is 4.90 Å². The summed E-state index contributed by atoms with van der Waals surface area (Å²) in [6, 6.07) is 0.